The van der Waals surface area contributed by atoms with E-state index in [1.54, 1.807) is 24.3 Å². The van der Waals surface area contributed by atoms with Crippen LogP contribution in [0.4, 0.5) is 0 Å². The van der Waals surface area contributed by atoms with Crippen LogP contribution in [0.25, 0.3) is 0 Å². The Balaban J connectivity index is 1.61. The first kappa shape index (κ1) is 26.1. The van der Waals surface area contributed by atoms with Gasteiger partial charge in [0.25, 0.3) is 5.91 Å². The molecule has 11 heteroatoms. The second-order valence-electron chi connectivity index (χ2n) is 9.06. The SMILES string of the molecule is NC(=O)[C@@H]1CCCN1C(=O)c1ccc(CN([C@@H]2CCCCNC2=O)S(=O)(=O)c2ccc(Cl)cc2)cc1. The van der Waals surface area contributed by atoms with Gasteiger partial charge < -0.3 is 16.0 Å². The number of hydrogen-bond donors (Lipinski definition) is 2. The lowest BCUT2D eigenvalue weighted by atomic mass is 10.1. The molecule has 3 N–H and O–H groups in total. The van der Waals surface area contributed by atoms with Crippen LogP contribution in [0.15, 0.2) is 53.4 Å². The Morgan fingerprint density at radius 2 is 1.72 bits per heavy atom. The largest absolute Gasteiger partial charge is 0.368 e. The molecular weight excluding hydrogens is 504 g/mol. The van der Waals surface area contributed by atoms with E-state index < -0.39 is 28.0 Å². The number of nitrogens with two attached hydrogens (primary N) is 1. The van der Waals surface area contributed by atoms with Gasteiger partial charge in [0, 0.05) is 30.2 Å². The van der Waals surface area contributed by atoms with E-state index in [4.69, 9.17) is 17.3 Å². The first-order valence-corrected chi connectivity index (χ1v) is 13.7. The van der Waals surface area contributed by atoms with Crippen LogP contribution in [0.2, 0.25) is 5.02 Å². The van der Waals surface area contributed by atoms with Crippen molar-refractivity contribution in [1.29, 1.82) is 0 Å². The van der Waals surface area contributed by atoms with Crippen molar-refractivity contribution in [2.45, 2.75) is 55.6 Å². The summed E-state index contributed by atoms with van der Waals surface area (Å²) in [5, 5.41) is 3.21. The highest BCUT2D eigenvalue weighted by atomic mass is 35.5. The van der Waals surface area contributed by atoms with Gasteiger partial charge in [0.2, 0.25) is 21.8 Å². The molecule has 0 spiro atoms. The van der Waals surface area contributed by atoms with Gasteiger partial charge in [-0.2, -0.15) is 4.31 Å². The maximum Gasteiger partial charge on any atom is 0.254 e. The number of primary amides is 1. The Labute approximate surface area is 215 Å². The van der Waals surface area contributed by atoms with Gasteiger partial charge in [-0.05, 0) is 74.1 Å². The number of rotatable bonds is 7. The molecule has 2 saturated heterocycles. The maximum absolute atomic E-state index is 13.7. The third kappa shape index (κ3) is 5.55. The monoisotopic (exact) mass is 532 g/mol. The molecule has 0 saturated carbocycles. The molecule has 192 valence electrons. The summed E-state index contributed by atoms with van der Waals surface area (Å²) in [7, 11) is -4.03. The third-order valence-corrected chi connectivity index (χ3v) is 8.78. The van der Waals surface area contributed by atoms with Crippen LogP contribution in [0.5, 0.6) is 0 Å². The molecule has 0 aliphatic carbocycles. The van der Waals surface area contributed by atoms with Gasteiger partial charge in [0.1, 0.15) is 12.1 Å². The third-order valence-electron chi connectivity index (χ3n) is 6.66. The highest BCUT2D eigenvalue weighted by Crippen LogP contribution is 2.26. The van der Waals surface area contributed by atoms with E-state index >= 15 is 0 Å². The summed E-state index contributed by atoms with van der Waals surface area (Å²) in [6.07, 6.45) is 3.13. The van der Waals surface area contributed by atoms with E-state index in [-0.39, 0.29) is 23.3 Å². The Morgan fingerprint density at radius 3 is 2.39 bits per heavy atom. The zero-order valence-electron chi connectivity index (χ0n) is 19.7. The van der Waals surface area contributed by atoms with E-state index in [1.165, 1.54) is 33.5 Å². The number of sulfonamides is 1. The molecule has 3 amide bonds. The molecule has 2 aliphatic rings. The summed E-state index contributed by atoms with van der Waals surface area (Å²) in [5.41, 5.74) is 6.44. The number of halogens is 1. The van der Waals surface area contributed by atoms with Gasteiger partial charge in [-0.3, -0.25) is 14.4 Å². The number of amides is 3. The zero-order valence-corrected chi connectivity index (χ0v) is 21.3. The maximum atomic E-state index is 13.7. The molecule has 0 bridgehead atoms. The summed E-state index contributed by atoms with van der Waals surface area (Å²) in [4.78, 5) is 39.0. The van der Waals surface area contributed by atoms with E-state index in [9.17, 15) is 22.8 Å². The molecule has 0 unspecified atom stereocenters. The molecule has 2 aromatic rings. The van der Waals surface area contributed by atoms with Crippen molar-refractivity contribution in [3.8, 4) is 0 Å². The molecule has 2 aliphatic heterocycles. The predicted octanol–water partition coefficient (Wildman–Crippen LogP) is 2.29. The second-order valence-corrected chi connectivity index (χ2v) is 11.4. The van der Waals surface area contributed by atoms with Crippen LogP contribution < -0.4 is 11.1 Å². The standard InChI is InChI=1S/C25H29ClN4O5S/c26-19-10-12-20(13-11-19)36(34,35)30(22-4-1-2-14-28-24(22)32)16-17-6-8-18(9-7-17)25(33)29-15-3-5-21(29)23(27)31/h6-13,21-22H,1-5,14-16H2,(H2,27,31)(H,28,32)/t21-,22+/m0/s1. The molecule has 0 aromatic heterocycles. The molecule has 2 fully saturated rings. The highest BCUT2D eigenvalue weighted by Gasteiger charge is 2.37. The fraction of sp³-hybridized carbons (Fsp3) is 0.400. The average molecular weight is 533 g/mol. The topological polar surface area (TPSA) is 130 Å². The Kier molecular flexibility index (Phi) is 7.97. The van der Waals surface area contributed by atoms with Gasteiger partial charge in [-0.25, -0.2) is 8.42 Å². The van der Waals surface area contributed by atoms with Gasteiger partial charge in [0.05, 0.1) is 4.90 Å². The van der Waals surface area contributed by atoms with Crippen molar-refractivity contribution in [3.05, 3.63) is 64.7 Å². The smallest absolute Gasteiger partial charge is 0.254 e. The summed E-state index contributed by atoms with van der Waals surface area (Å²) in [6, 6.07) is 10.9. The fourth-order valence-corrected chi connectivity index (χ4v) is 6.44. The van der Waals surface area contributed by atoms with Gasteiger partial charge in [0.15, 0.2) is 0 Å². The van der Waals surface area contributed by atoms with Gasteiger partial charge >= 0.3 is 0 Å². The predicted molar refractivity (Wildman–Crippen MR) is 135 cm³/mol. The number of carbonyl (C=O) groups excluding carboxylic acids is 3. The zero-order chi connectivity index (χ0) is 25.9. The summed E-state index contributed by atoms with van der Waals surface area (Å²) in [6.45, 7) is 0.910. The number of nitrogens with one attached hydrogen (secondary N) is 1. The summed E-state index contributed by atoms with van der Waals surface area (Å²) < 4.78 is 28.5. The normalized spacial score (nSPS) is 20.7. The van der Waals surface area contributed by atoms with E-state index in [2.05, 4.69) is 5.32 Å². The molecule has 2 heterocycles. The quantitative estimate of drug-likeness (QED) is 0.565. The lowest BCUT2D eigenvalue weighted by Crippen LogP contribution is -2.48. The molecule has 0 radical (unpaired) electrons. The molecular formula is C25H29ClN4O5S. The highest BCUT2D eigenvalue weighted by molar-refractivity contribution is 7.89. The van der Waals surface area contributed by atoms with Gasteiger partial charge in [-0.1, -0.05) is 23.7 Å². The number of hydrogen-bond acceptors (Lipinski definition) is 5. The molecule has 2 atom stereocenters. The number of nitrogens with zero attached hydrogens (tertiary/aromatic N) is 2. The Hall–Kier alpha value is -2.95. The number of benzene rings is 2. The lowest BCUT2D eigenvalue weighted by Gasteiger charge is -2.29. The van der Waals surface area contributed by atoms with Crippen molar-refractivity contribution in [2.75, 3.05) is 13.1 Å². The van der Waals surface area contributed by atoms with Crippen LogP contribution in [-0.2, 0) is 26.2 Å². The van der Waals surface area contributed by atoms with Crippen molar-refractivity contribution in [1.82, 2.24) is 14.5 Å². The average Bonchev–Trinajstić information content (AvgIpc) is 3.26. The van der Waals surface area contributed by atoms with Crippen molar-refractivity contribution in [3.63, 3.8) is 0 Å². The minimum atomic E-state index is -4.03. The van der Waals surface area contributed by atoms with Crippen molar-refractivity contribution >= 4 is 39.3 Å². The number of carbonyl (C=O) groups is 3. The van der Waals surface area contributed by atoms with Crippen LogP contribution in [0, 0.1) is 0 Å². The van der Waals surface area contributed by atoms with E-state index in [1.807, 2.05) is 0 Å². The fourth-order valence-electron chi connectivity index (χ4n) is 4.71. The minimum Gasteiger partial charge on any atom is -0.368 e. The summed E-state index contributed by atoms with van der Waals surface area (Å²) in [5.74, 6) is -1.15. The van der Waals surface area contributed by atoms with E-state index in [0.29, 0.717) is 54.9 Å². The number of likely N-dealkylation sites (tertiary alicyclic amines) is 1. The van der Waals surface area contributed by atoms with Crippen LogP contribution >= 0.6 is 11.6 Å². The first-order chi connectivity index (χ1) is 17.2. The minimum absolute atomic E-state index is 0.0438. The lowest BCUT2D eigenvalue weighted by molar-refractivity contribution is -0.124. The molecule has 2 aromatic carbocycles. The van der Waals surface area contributed by atoms with Crippen molar-refractivity contribution < 1.29 is 22.8 Å². The first-order valence-electron chi connectivity index (χ1n) is 11.9. The molecule has 9 nitrogen and oxygen atoms in total. The molecule has 36 heavy (non-hydrogen) atoms. The van der Waals surface area contributed by atoms with Crippen LogP contribution in [-0.4, -0.2) is 60.5 Å². The summed E-state index contributed by atoms with van der Waals surface area (Å²) >= 11 is 5.95. The van der Waals surface area contributed by atoms with E-state index in [0.717, 1.165) is 6.42 Å². The Morgan fingerprint density at radius 1 is 1.03 bits per heavy atom. The van der Waals surface area contributed by atoms with Crippen LogP contribution in [0.3, 0.4) is 0 Å². The molecule has 4 rings (SSSR count). The second kappa shape index (κ2) is 11.0. The van der Waals surface area contributed by atoms with Crippen molar-refractivity contribution in [2.24, 2.45) is 5.73 Å². The van der Waals surface area contributed by atoms with Gasteiger partial charge in [-0.15, -0.1) is 0 Å². The Bertz CT molecular complexity index is 1230. The van der Waals surface area contributed by atoms with Crippen LogP contribution in [0.1, 0.15) is 48.0 Å².